The van der Waals surface area contributed by atoms with Gasteiger partial charge in [0.15, 0.2) is 10.9 Å². The predicted octanol–water partition coefficient (Wildman–Crippen LogP) is 2.56. The number of carbonyl (C=O) groups is 3. The molecule has 1 amide bonds. The molecule has 0 radical (unpaired) electrons. The van der Waals surface area contributed by atoms with E-state index in [9.17, 15) is 14.4 Å². The summed E-state index contributed by atoms with van der Waals surface area (Å²) in [4.78, 5) is 43.5. The Labute approximate surface area is 160 Å². The van der Waals surface area contributed by atoms with Crippen molar-refractivity contribution in [2.75, 3.05) is 17.7 Å². The maximum atomic E-state index is 12.6. The van der Waals surface area contributed by atoms with Crippen molar-refractivity contribution in [3.05, 3.63) is 41.6 Å². The van der Waals surface area contributed by atoms with Crippen molar-refractivity contribution < 1.29 is 19.1 Å². The van der Waals surface area contributed by atoms with Crippen LogP contribution >= 0.6 is 11.8 Å². The summed E-state index contributed by atoms with van der Waals surface area (Å²) in [5, 5.41) is 2.46. The number of Topliss-reactive ketones (excluding diaryl/α,β-unsaturated/α-hetero) is 1. The number of hydrogen-bond acceptors (Lipinski definition) is 8. The molecule has 0 saturated carbocycles. The highest BCUT2D eigenvalue weighted by atomic mass is 32.2. The van der Waals surface area contributed by atoms with Crippen molar-refractivity contribution in [1.82, 2.24) is 9.97 Å². The van der Waals surface area contributed by atoms with E-state index in [1.165, 1.54) is 13.1 Å². The standard InChI is InChI=1S/C18H20N4O4S/c1-4-26-17(25)14-9-20-18(22-16(14)19)27-10(2)15(24)12-5-7-13(8-6-12)21-11(3)23/h5-10H,4H2,1-3H3,(H,21,23)(H2,19,20,22). The number of aromatic nitrogens is 2. The summed E-state index contributed by atoms with van der Waals surface area (Å²) in [6, 6.07) is 6.61. The normalized spacial score (nSPS) is 11.5. The van der Waals surface area contributed by atoms with Crippen LogP contribution in [0.25, 0.3) is 0 Å². The number of ketones is 1. The minimum absolute atomic E-state index is 0.00487. The third kappa shape index (κ3) is 5.52. The van der Waals surface area contributed by atoms with Crippen molar-refractivity contribution >= 4 is 40.9 Å². The monoisotopic (exact) mass is 388 g/mol. The van der Waals surface area contributed by atoms with Gasteiger partial charge < -0.3 is 15.8 Å². The fourth-order valence-corrected chi connectivity index (χ4v) is 2.99. The fourth-order valence-electron chi connectivity index (χ4n) is 2.17. The highest BCUT2D eigenvalue weighted by Gasteiger charge is 2.20. The number of thioether (sulfide) groups is 1. The zero-order valence-electron chi connectivity index (χ0n) is 15.2. The average molecular weight is 388 g/mol. The summed E-state index contributed by atoms with van der Waals surface area (Å²) < 4.78 is 4.87. The Bertz CT molecular complexity index is 855. The molecule has 9 heteroatoms. The van der Waals surface area contributed by atoms with Crippen LogP contribution in [-0.4, -0.2) is 39.5 Å². The maximum Gasteiger partial charge on any atom is 0.343 e. The lowest BCUT2D eigenvalue weighted by Crippen LogP contribution is -2.15. The number of esters is 1. The van der Waals surface area contributed by atoms with Crippen molar-refractivity contribution in [3.63, 3.8) is 0 Å². The highest BCUT2D eigenvalue weighted by molar-refractivity contribution is 8.00. The second-order valence-electron chi connectivity index (χ2n) is 5.55. The molecule has 0 fully saturated rings. The van der Waals surface area contributed by atoms with Crippen LogP contribution in [0.3, 0.4) is 0 Å². The zero-order chi connectivity index (χ0) is 20.0. The van der Waals surface area contributed by atoms with Crippen LogP contribution in [0.4, 0.5) is 11.5 Å². The Morgan fingerprint density at radius 2 is 1.93 bits per heavy atom. The SMILES string of the molecule is CCOC(=O)c1cnc(SC(C)C(=O)c2ccc(NC(C)=O)cc2)nc1N. The topological polar surface area (TPSA) is 124 Å². The Kier molecular flexibility index (Phi) is 6.89. The molecule has 142 valence electrons. The first-order valence-electron chi connectivity index (χ1n) is 8.20. The van der Waals surface area contributed by atoms with Gasteiger partial charge in [-0.15, -0.1) is 0 Å². The van der Waals surface area contributed by atoms with Gasteiger partial charge >= 0.3 is 5.97 Å². The highest BCUT2D eigenvalue weighted by Crippen LogP contribution is 2.24. The summed E-state index contributed by atoms with van der Waals surface area (Å²) in [7, 11) is 0. The first kappa shape index (κ1) is 20.4. The maximum absolute atomic E-state index is 12.6. The zero-order valence-corrected chi connectivity index (χ0v) is 16.0. The molecule has 0 spiro atoms. The summed E-state index contributed by atoms with van der Waals surface area (Å²) in [6.45, 7) is 5.06. The number of carbonyl (C=O) groups excluding carboxylic acids is 3. The molecule has 3 N–H and O–H groups in total. The van der Waals surface area contributed by atoms with Gasteiger partial charge in [0.2, 0.25) is 5.91 Å². The molecule has 27 heavy (non-hydrogen) atoms. The number of anilines is 2. The van der Waals surface area contributed by atoms with Gasteiger partial charge in [0, 0.05) is 24.4 Å². The van der Waals surface area contributed by atoms with Crippen molar-refractivity contribution in [2.45, 2.75) is 31.2 Å². The average Bonchev–Trinajstić information content (AvgIpc) is 2.61. The molecule has 2 aromatic rings. The van der Waals surface area contributed by atoms with Crippen molar-refractivity contribution in [2.24, 2.45) is 0 Å². The van der Waals surface area contributed by atoms with E-state index in [1.54, 1.807) is 38.1 Å². The van der Waals surface area contributed by atoms with E-state index in [-0.39, 0.29) is 34.8 Å². The van der Waals surface area contributed by atoms with Gasteiger partial charge in [-0.25, -0.2) is 14.8 Å². The van der Waals surface area contributed by atoms with Crippen LogP contribution in [0.2, 0.25) is 0 Å². The molecular formula is C18H20N4O4S. The van der Waals surface area contributed by atoms with Crippen LogP contribution in [0.1, 0.15) is 41.5 Å². The van der Waals surface area contributed by atoms with Gasteiger partial charge in [-0.3, -0.25) is 9.59 Å². The Balaban J connectivity index is 2.06. The molecule has 1 aromatic heterocycles. The molecular weight excluding hydrogens is 368 g/mol. The number of nitrogens with two attached hydrogens (primary N) is 1. The number of hydrogen-bond donors (Lipinski definition) is 2. The van der Waals surface area contributed by atoms with Gasteiger partial charge in [0.05, 0.1) is 11.9 Å². The minimum Gasteiger partial charge on any atom is -0.462 e. The third-order valence-electron chi connectivity index (χ3n) is 3.43. The first-order valence-corrected chi connectivity index (χ1v) is 9.08. The van der Waals surface area contributed by atoms with Gasteiger partial charge in [-0.1, -0.05) is 11.8 Å². The van der Waals surface area contributed by atoms with E-state index >= 15 is 0 Å². The molecule has 0 aliphatic heterocycles. The summed E-state index contributed by atoms with van der Waals surface area (Å²) in [5.41, 5.74) is 6.99. The molecule has 1 atom stereocenters. The second-order valence-corrected chi connectivity index (χ2v) is 6.86. The largest absolute Gasteiger partial charge is 0.462 e. The molecule has 8 nitrogen and oxygen atoms in total. The summed E-state index contributed by atoms with van der Waals surface area (Å²) in [6.07, 6.45) is 1.29. The fraction of sp³-hybridized carbons (Fsp3) is 0.278. The molecule has 1 aromatic carbocycles. The van der Waals surface area contributed by atoms with E-state index in [2.05, 4.69) is 15.3 Å². The molecule has 2 rings (SSSR count). The number of nitrogens with zero attached hydrogens (tertiary/aromatic N) is 2. The quantitative estimate of drug-likeness (QED) is 0.321. The van der Waals surface area contributed by atoms with Gasteiger partial charge in [-0.2, -0.15) is 0 Å². The van der Waals surface area contributed by atoms with E-state index < -0.39 is 11.2 Å². The van der Waals surface area contributed by atoms with Crippen LogP contribution < -0.4 is 11.1 Å². The van der Waals surface area contributed by atoms with Crippen molar-refractivity contribution in [3.8, 4) is 0 Å². The van der Waals surface area contributed by atoms with Gasteiger partial charge in [0.1, 0.15) is 11.4 Å². The van der Waals surface area contributed by atoms with Crippen LogP contribution in [0.15, 0.2) is 35.6 Å². The van der Waals surface area contributed by atoms with E-state index in [4.69, 9.17) is 10.5 Å². The number of nitrogens with one attached hydrogen (secondary N) is 1. The third-order valence-corrected chi connectivity index (χ3v) is 4.41. The first-order chi connectivity index (χ1) is 12.8. The van der Waals surface area contributed by atoms with Crippen LogP contribution in [0.5, 0.6) is 0 Å². The lowest BCUT2D eigenvalue weighted by atomic mass is 10.1. The summed E-state index contributed by atoms with van der Waals surface area (Å²) in [5.74, 6) is -0.884. The van der Waals surface area contributed by atoms with Crippen LogP contribution in [0, 0.1) is 0 Å². The number of benzene rings is 1. The molecule has 0 aliphatic carbocycles. The van der Waals surface area contributed by atoms with Gasteiger partial charge in [-0.05, 0) is 38.1 Å². The molecule has 0 bridgehead atoms. The Hall–Kier alpha value is -2.94. The smallest absolute Gasteiger partial charge is 0.343 e. The Morgan fingerprint density at radius 1 is 1.26 bits per heavy atom. The molecule has 0 saturated heterocycles. The van der Waals surface area contributed by atoms with E-state index in [0.29, 0.717) is 11.3 Å². The lowest BCUT2D eigenvalue weighted by Gasteiger charge is -2.11. The van der Waals surface area contributed by atoms with Crippen molar-refractivity contribution in [1.29, 1.82) is 0 Å². The number of rotatable bonds is 7. The summed E-state index contributed by atoms with van der Waals surface area (Å²) >= 11 is 1.14. The Morgan fingerprint density at radius 3 is 2.48 bits per heavy atom. The van der Waals surface area contributed by atoms with E-state index in [1.807, 2.05) is 0 Å². The van der Waals surface area contributed by atoms with Crippen LogP contribution in [-0.2, 0) is 9.53 Å². The number of ether oxygens (including phenoxy) is 1. The number of nitrogen functional groups attached to an aromatic ring is 1. The minimum atomic E-state index is -0.588. The second kappa shape index (κ2) is 9.13. The van der Waals surface area contributed by atoms with E-state index in [0.717, 1.165) is 11.8 Å². The molecule has 1 unspecified atom stereocenters. The lowest BCUT2D eigenvalue weighted by molar-refractivity contribution is -0.114. The molecule has 0 aliphatic rings. The number of amides is 1. The predicted molar refractivity (Wildman–Crippen MR) is 103 cm³/mol. The van der Waals surface area contributed by atoms with Gasteiger partial charge in [0.25, 0.3) is 0 Å². The molecule has 1 heterocycles.